The summed E-state index contributed by atoms with van der Waals surface area (Å²) in [6.07, 6.45) is 15.8. The fourth-order valence-electron chi connectivity index (χ4n) is 8.26. The molecule has 0 saturated heterocycles. The molecule has 3 aliphatic rings. The molecule has 260 valence electrons. The second kappa shape index (κ2) is 13.8. The summed E-state index contributed by atoms with van der Waals surface area (Å²) in [5.74, 6) is 2.44. The van der Waals surface area contributed by atoms with Gasteiger partial charge >= 0.3 is 0 Å². The predicted molar refractivity (Wildman–Crippen MR) is 201 cm³/mol. The molecule has 0 radical (unpaired) electrons. The van der Waals surface area contributed by atoms with E-state index in [1.165, 1.54) is 49.7 Å². The SMILES string of the molecule is C=C1/C(=C\C=C2CCC[C@@]3(C)C2CC[C@@H]3[C@@H](C)CCCC(C)(C)O)C[C@H](O[Si](C)(C)C(C)(C)C)[C@@H](C)[C@@H]1O[Si](C)(C)C(C)(C)C. The molecule has 3 nitrogen and oxygen atoms in total. The van der Waals surface area contributed by atoms with E-state index in [-0.39, 0.29) is 28.2 Å². The van der Waals surface area contributed by atoms with E-state index >= 15 is 0 Å². The van der Waals surface area contributed by atoms with Crippen molar-refractivity contribution >= 4 is 16.6 Å². The molecule has 5 heteroatoms. The lowest BCUT2D eigenvalue weighted by Gasteiger charge is -2.48. The average molecular weight is 659 g/mol. The van der Waals surface area contributed by atoms with Crippen molar-refractivity contribution in [1.29, 1.82) is 0 Å². The molecule has 0 aromatic carbocycles. The largest absolute Gasteiger partial charge is 0.413 e. The van der Waals surface area contributed by atoms with E-state index in [1.807, 2.05) is 13.8 Å². The Bertz CT molecular complexity index is 1100. The maximum Gasteiger partial charge on any atom is 0.192 e. The van der Waals surface area contributed by atoms with E-state index in [0.717, 1.165) is 25.2 Å². The first kappa shape index (κ1) is 39.0. The molecule has 0 spiro atoms. The van der Waals surface area contributed by atoms with Gasteiger partial charge in [0, 0.05) is 5.92 Å². The molecule has 0 heterocycles. The maximum atomic E-state index is 10.3. The third-order valence-electron chi connectivity index (χ3n) is 13.4. The Kier molecular flexibility index (Phi) is 12.0. The molecule has 0 aromatic heterocycles. The normalized spacial score (nSPS) is 33.2. The van der Waals surface area contributed by atoms with Gasteiger partial charge in [0.25, 0.3) is 0 Å². The summed E-state index contributed by atoms with van der Waals surface area (Å²) >= 11 is 0. The topological polar surface area (TPSA) is 38.7 Å². The molecule has 3 fully saturated rings. The lowest BCUT2D eigenvalue weighted by molar-refractivity contribution is 0.0406. The van der Waals surface area contributed by atoms with Gasteiger partial charge in [-0.3, -0.25) is 0 Å². The van der Waals surface area contributed by atoms with Crippen molar-refractivity contribution in [2.75, 3.05) is 0 Å². The van der Waals surface area contributed by atoms with Crippen LogP contribution in [0.1, 0.15) is 134 Å². The molecule has 3 saturated carbocycles. The Morgan fingerprint density at radius 3 is 2.09 bits per heavy atom. The predicted octanol–water partition coefficient (Wildman–Crippen LogP) is 12.0. The van der Waals surface area contributed by atoms with E-state index in [9.17, 15) is 5.11 Å². The lowest BCUT2D eigenvalue weighted by Crippen LogP contribution is -2.53. The van der Waals surface area contributed by atoms with Crippen molar-refractivity contribution in [2.45, 2.75) is 188 Å². The minimum Gasteiger partial charge on any atom is -0.413 e. The Labute approximate surface area is 282 Å². The van der Waals surface area contributed by atoms with Crippen LogP contribution in [-0.2, 0) is 8.85 Å². The molecule has 0 amide bonds. The first-order valence-corrected chi connectivity index (χ1v) is 24.3. The van der Waals surface area contributed by atoms with Crippen LogP contribution in [0.25, 0.3) is 0 Å². The van der Waals surface area contributed by atoms with Gasteiger partial charge in [-0.2, -0.15) is 0 Å². The van der Waals surface area contributed by atoms with Crippen LogP contribution in [-0.4, -0.2) is 39.6 Å². The van der Waals surface area contributed by atoms with E-state index in [2.05, 4.69) is 101 Å². The molecule has 3 aliphatic carbocycles. The maximum absolute atomic E-state index is 10.3. The number of rotatable bonds is 10. The van der Waals surface area contributed by atoms with Crippen molar-refractivity contribution in [1.82, 2.24) is 0 Å². The highest BCUT2D eigenvalue weighted by Gasteiger charge is 2.51. The van der Waals surface area contributed by atoms with Crippen LogP contribution in [0.4, 0.5) is 0 Å². The highest BCUT2D eigenvalue weighted by atomic mass is 28.4. The standard InChI is InChI=1S/C40H74O3Si2/c1-28(19-17-25-39(10,11)41)33-23-24-34-31(20-18-26-40(33,34)12)21-22-32-27-35(42-44(13,14)37(4,5)6)30(3)36(29(32)2)43-45(15,16)38(7,8)9/h21-22,28,30,33-36,41H,2,17-20,23-27H2,1,3-16H3/b31-21?,32-22-/t28-,30+,33+,34?,35-,36+,40+/m0/s1. The van der Waals surface area contributed by atoms with Gasteiger partial charge in [0.05, 0.1) is 17.8 Å². The second-order valence-electron chi connectivity index (χ2n) is 19.5. The van der Waals surface area contributed by atoms with Crippen LogP contribution in [0.2, 0.25) is 36.3 Å². The third kappa shape index (κ3) is 8.96. The van der Waals surface area contributed by atoms with Crippen molar-refractivity contribution < 1.29 is 14.0 Å². The van der Waals surface area contributed by atoms with Crippen molar-refractivity contribution in [3.05, 3.63) is 35.5 Å². The number of hydrogen-bond donors (Lipinski definition) is 1. The quantitative estimate of drug-likeness (QED) is 0.237. The summed E-state index contributed by atoms with van der Waals surface area (Å²) in [6.45, 7) is 39.7. The molecular formula is C40H74O3Si2. The molecule has 1 unspecified atom stereocenters. The van der Waals surface area contributed by atoms with Gasteiger partial charge < -0.3 is 14.0 Å². The minimum absolute atomic E-state index is 0.00343. The Morgan fingerprint density at radius 1 is 0.956 bits per heavy atom. The molecule has 0 bridgehead atoms. The van der Waals surface area contributed by atoms with Crippen LogP contribution in [0, 0.1) is 29.1 Å². The van der Waals surface area contributed by atoms with Crippen LogP contribution < -0.4 is 0 Å². The van der Waals surface area contributed by atoms with Crippen molar-refractivity contribution in [3.63, 3.8) is 0 Å². The summed E-state index contributed by atoms with van der Waals surface area (Å²) in [6, 6.07) is 0. The first-order chi connectivity index (χ1) is 20.3. The van der Waals surface area contributed by atoms with Gasteiger partial charge in [-0.15, -0.1) is 0 Å². The lowest BCUT2D eigenvalue weighted by atomic mass is 9.60. The summed E-state index contributed by atoms with van der Waals surface area (Å²) in [4.78, 5) is 0. The van der Waals surface area contributed by atoms with Gasteiger partial charge in [-0.05, 0) is 129 Å². The Hall–Kier alpha value is -0.466. The summed E-state index contributed by atoms with van der Waals surface area (Å²) in [7, 11) is -3.98. The van der Waals surface area contributed by atoms with E-state index < -0.39 is 22.2 Å². The minimum atomic E-state index is -2.01. The van der Waals surface area contributed by atoms with Crippen LogP contribution in [0.3, 0.4) is 0 Å². The molecular weight excluding hydrogens is 585 g/mol. The summed E-state index contributed by atoms with van der Waals surface area (Å²) < 4.78 is 14.4. The number of hydrogen-bond acceptors (Lipinski definition) is 3. The fraction of sp³-hybridized carbons (Fsp3) is 0.850. The average Bonchev–Trinajstić information content (AvgIpc) is 3.23. The Balaban J connectivity index is 1.90. The molecule has 45 heavy (non-hydrogen) atoms. The Morgan fingerprint density at radius 2 is 1.53 bits per heavy atom. The van der Waals surface area contributed by atoms with Crippen molar-refractivity contribution in [2.24, 2.45) is 29.1 Å². The fourth-order valence-corrected chi connectivity index (χ4v) is 11.0. The van der Waals surface area contributed by atoms with Gasteiger partial charge in [0.1, 0.15) is 0 Å². The van der Waals surface area contributed by atoms with Gasteiger partial charge in [0.15, 0.2) is 16.6 Å². The molecule has 3 rings (SSSR count). The molecule has 7 atom stereocenters. The zero-order valence-corrected chi connectivity index (χ0v) is 34.5. The summed E-state index contributed by atoms with van der Waals surface area (Å²) in [5.41, 5.74) is 4.02. The molecule has 1 N–H and O–H groups in total. The van der Waals surface area contributed by atoms with E-state index in [0.29, 0.717) is 17.3 Å². The third-order valence-corrected chi connectivity index (χ3v) is 22.4. The van der Waals surface area contributed by atoms with Crippen LogP contribution in [0.5, 0.6) is 0 Å². The first-order valence-electron chi connectivity index (χ1n) is 18.5. The highest BCUT2D eigenvalue weighted by molar-refractivity contribution is 6.74. The van der Waals surface area contributed by atoms with Crippen molar-refractivity contribution in [3.8, 4) is 0 Å². The molecule has 0 aliphatic heterocycles. The van der Waals surface area contributed by atoms with Gasteiger partial charge in [-0.25, -0.2) is 0 Å². The second-order valence-corrected chi connectivity index (χ2v) is 29.0. The molecule has 0 aromatic rings. The monoisotopic (exact) mass is 659 g/mol. The zero-order chi connectivity index (χ0) is 34.4. The zero-order valence-electron chi connectivity index (χ0n) is 32.5. The number of aliphatic hydroxyl groups is 1. The smallest absolute Gasteiger partial charge is 0.192 e. The van der Waals surface area contributed by atoms with Gasteiger partial charge in [-0.1, -0.05) is 99.5 Å². The van der Waals surface area contributed by atoms with E-state index in [1.54, 1.807) is 5.57 Å². The summed E-state index contributed by atoms with van der Waals surface area (Å²) in [5, 5.41) is 10.6. The van der Waals surface area contributed by atoms with Crippen LogP contribution in [0.15, 0.2) is 35.5 Å². The highest BCUT2D eigenvalue weighted by Crippen LogP contribution is 2.60. The van der Waals surface area contributed by atoms with E-state index in [4.69, 9.17) is 15.4 Å². The number of allylic oxidation sites excluding steroid dienone is 3. The van der Waals surface area contributed by atoms with Crippen LogP contribution >= 0.6 is 0 Å². The number of fused-ring (bicyclic) bond motifs is 1. The van der Waals surface area contributed by atoms with Gasteiger partial charge in [0.2, 0.25) is 0 Å².